The number of aliphatic hydroxyl groups excluding tert-OH is 1. The van der Waals surface area contributed by atoms with Crippen molar-refractivity contribution in [2.45, 2.75) is 19.4 Å². The van der Waals surface area contributed by atoms with E-state index in [9.17, 15) is 10.2 Å². The normalized spacial score (nSPS) is 13.3. The van der Waals surface area contributed by atoms with Crippen LogP contribution in [0.5, 0.6) is 5.88 Å². The topological polar surface area (TPSA) is 57.8 Å². The summed E-state index contributed by atoms with van der Waals surface area (Å²) in [5.41, 5.74) is 0.797. The first-order valence-corrected chi connectivity index (χ1v) is 5.41. The molecule has 0 radical (unpaired) electrons. The first-order valence-electron chi connectivity index (χ1n) is 4.62. The number of hydrogen-bond acceptors (Lipinski definition) is 3. The molecule has 0 bridgehead atoms. The maximum Gasteiger partial charge on any atom is 0.197 e. The van der Waals surface area contributed by atoms with Crippen molar-refractivity contribution in [3.05, 3.63) is 28.6 Å². The number of halogens is 1. The highest BCUT2D eigenvalue weighted by Crippen LogP contribution is 2.24. The van der Waals surface area contributed by atoms with E-state index in [1.807, 2.05) is 6.07 Å². The lowest BCUT2D eigenvalue weighted by Crippen LogP contribution is -2.07. The van der Waals surface area contributed by atoms with Crippen molar-refractivity contribution >= 4 is 21.4 Å². The van der Waals surface area contributed by atoms with Gasteiger partial charge in [0.1, 0.15) is 10.4 Å². The number of rotatable bonds is 2. The van der Waals surface area contributed by atoms with E-state index in [4.69, 9.17) is 0 Å². The van der Waals surface area contributed by atoms with Crippen molar-refractivity contribution in [1.29, 1.82) is 0 Å². The molecule has 0 aliphatic heterocycles. The number of aromatic hydroxyl groups is 1. The van der Waals surface area contributed by atoms with E-state index >= 15 is 0 Å². The first kappa shape index (κ1) is 10.4. The molecule has 1 atom stereocenters. The molecule has 4 nitrogen and oxygen atoms in total. The number of nitrogens with zero attached hydrogens (tertiary/aromatic N) is 2. The third-order valence-electron chi connectivity index (χ3n) is 2.14. The molecule has 2 rings (SSSR count). The van der Waals surface area contributed by atoms with E-state index in [0.717, 1.165) is 5.52 Å². The molecule has 2 N–H and O–H groups in total. The monoisotopic (exact) mass is 270 g/mol. The van der Waals surface area contributed by atoms with Crippen LogP contribution < -0.4 is 0 Å². The van der Waals surface area contributed by atoms with Gasteiger partial charge in [-0.05, 0) is 35.0 Å². The average molecular weight is 271 g/mol. The quantitative estimate of drug-likeness (QED) is 0.874. The van der Waals surface area contributed by atoms with Crippen molar-refractivity contribution < 1.29 is 10.2 Å². The molecular formula is C10H11BrN2O2. The van der Waals surface area contributed by atoms with Gasteiger partial charge in [0, 0.05) is 6.42 Å². The van der Waals surface area contributed by atoms with Crippen molar-refractivity contribution in [3.8, 4) is 5.88 Å². The fourth-order valence-electron chi connectivity index (χ4n) is 1.55. The van der Waals surface area contributed by atoms with Gasteiger partial charge in [-0.15, -0.1) is 0 Å². The summed E-state index contributed by atoms with van der Waals surface area (Å²) in [4.78, 5) is 4.25. The van der Waals surface area contributed by atoms with Gasteiger partial charge in [0.2, 0.25) is 0 Å². The minimum Gasteiger partial charge on any atom is -0.494 e. The zero-order valence-corrected chi connectivity index (χ0v) is 9.77. The van der Waals surface area contributed by atoms with Crippen LogP contribution in [0.3, 0.4) is 0 Å². The van der Waals surface area contributed by atoms with Crippen LogP contribution >= 0.6 is 15.9 Å². The van der Waals surface area contributed by atoms with Crippen LogP contribution in [0.2, 0.25) is 0 Å². The van der Waals surface area contributed by atoms with E-state index in [2.05, 4.69) is 20.9 Å². The highest BCUT2D eigenvalue weighted by Gasteiger charge is 2.12. The summed E-state index contributed by atoms with van der Waals surface area (Å²) >= 11 is 3.32. The molecule has 2 heterocycles. The summed E-state index contributed by atoms with van der Waals surface area (Å²) in [6.07, 6.45) is -0.0771. The number of aromatic nitrogens is 2. The van der Waals surface area contributed by atoms with Gasteiger partial charge in [-0.2, -0.15) is 0 Å². The number of pyridine rings is 1. The Hall–Kier alpha value is -1.07. The molecule has 2 aromatic heterocycles. The van der Waals surface area contributed by atoms with Crippen LogP contribution in [-0.2, 0) is 6.42 Å². The number of imidazole rings is 1. The molecule has 0 aromatic carbocycles. The molecule has 0 saturated heterocycles. The summed E-state index contributed by atoms with van der Waals surface area (Å²) in [6, 6.07) is 5.19. The molecule has 5 heteroatoms. The van der Waals surface area contributed by atoms with E-state index in [1.165, 1.54) is 0 Å². The van der Waals surface area contributed by atoms with Gasteiger partial charge < -0.3 is 10.2 Å². The van der Waals surface area contributed by atoms with Crippen LogP contribution in [0.15, 0.2) is 22.8 Å². The molecule has 1 unspecified atom stereocenters. The summed E-state index contributed by atoms with van der Waals surface area (Å²) in [5, 5.41) is 19.0. The van der Waals surface area contributed by atoms with Crippen LogP contribution in [0.1, 0.15) is 12.7 Å². The lowest BCUT2D eigenvalue weighted by molar-refractivity contribution is 0.192. The Bertz CT molecular complexity index is 493. The largest absolute Gasteiger partial charge is 0.494 e. The van der Waals surface area contributed by atoms with Gasteiger partial charge in [-0.1, -0.05) is 6.07 Å². The predicted octanol–water partition coefficient (Wildman–Crippen LogP) is 1.73. The van der Waals surface area contributed by atoms with E-state index in [0.29, 0.717) is 16.8 Å². The van der Waals surface area contributed by atoms with Crippen molar-refractivity contribution in [1.82, 2.24) is 9.38 Å². The second kappa shape index (κ2) is 3.83. The molecular weight excluding hydrogens is 260 g/mol. The molecule has 0 amide bonds. The molecule has 0 aliphatic carbocycles. The Morgan fingerprint density at radius 3 is 2.93 bits per heavy atom. The highest BCUT2D eigenvalue weighted by molar-refractivity contribution is 9.10. The average Bonchev–Trinajstić information content (AvgIpc) is 2.44. The summed E-state index contributed by atoms with van der Waals surface area (Å²) in [7, 11) is 0. The van der Waals surface area contributed by atoms with Crippen LogP contribution in [0.25, 0.3) is 5.52 Å². The number of aliphatic hydroxyl groups is 1. The van der Waals surface area contributed by atoms with Crippen LogP contribution in [-0.4, -0.2) is 25.7 Å². The van der Waals surface area contributed by atoms with Gasteiger partial charge in [-0.3, -0.25) is 4.40 Å². The first-order chi connectivity index (χ1) is 7.09. The molecule has 0 aliphatic rings. The van der Waals surface area contributed by atoms with Gasteiger partial charge in [0.05, 0.1) is 11.6 Å². The maximum atomic E-state index is 9.70. The molecule has 15 heavy (non-hydrogen) atoms. The Kier molecular flexibility index (Phi) is 2.67. The Labute approximate surface area is 95.3 Å². The lowest BCUT2D eigenvalue weighted by Gasteiger charge is -2.04. The Morgan fingerprint density at radius 2 is 2.27 bits per heavy atom. The van der Waals surface area contributed by atoms with Gasteiger partial charge in [-0.25, -0.2) is 4.98 Å². The highest BCUT2D eigenvalue weighted by atomic mass is 79.9. The van der Waals surface area contributed by atoms with E-state index in [-0.39, 0.29) is 5.88 Å². The third kappa shape index (κ3) is 1.85. The van der Waals surface area contributed by atoms with Gasteiger partial charge in [0.15, 0.2) is 5.88 Å². The fraction of sp³-hybridized carbons (Fsp3) is 0.300. The zero-order chi connectivity index (χ0) is 11.0. The molecule has 2 aromatic rings. The zero-order valence-electron chi connectivity index (χ0n) is 8.18. The maximum absolute atomic E-state index is 9.70. The summed E-state index contributed by atoms with van der Waals surface area (Å²) in [5.74, 6) is 0.770. The number of hydrogen-bond donors (Lipinski definition) is 2. The number of fused-ring (bicyclic) bond motifs is 1. The Balaban J connectivity index is 2.65. The predicted molar refractivity (Wildman–Crippen MR) is 59.9 cm³/mol. The second-order valence-corrected chi connectivity index (χ2v) is 4.23. The minimum atomic E-state index is -0.484. The summed E-state index contributed by atoms with van der Waals surface area (Å²) < 4.78 is 2.30. The molecule has 0 fully saturated rings. The van der Waals surface area contributed by atoms with E-state index in [1.54, 1.807) is 23.5 Å². The van der Waals surface area contributed by atoms with Crippen LogP contribution in [0.4, 0.5) is 0 Å². The molecule has 0 spiro atoms. The minimum absolute atomic E-state index is 0.126. The molecule has 0 saturated carbocycles. The van der Waals surface area contributed by atoms with Crippen molar-refractivity contribution in [2.75, 3.05) is 0 Å². The van der Waals surface area contributed by atoms with Gasteiger partial charge in [0.25, 0.3) is 0 Å². The summed E-state index contributed by atoms with van der Waals surface area (Å²) in [6.45, 7) is 1.69. The van der Waals surface area contributed by atoms with Crippen molar-refractivity contribution in [3.63, 3.8) is 0 Å². The Morgan fingerprint density at radius 1 is 1.53 bits per heavy atom. The van der Waals surface area contributed by atoms with Crippen LogP contribution in [0, 0.1) is 0 Å². The lowest BCUT2D eigenvalue weighted by atomic mass is 10.3. The third-order valence-corrected chi connectivity index (χ3v) is 2.73. The second-order valence-electron chi connectivity index (χ2n) is 3.48. The van der Waals surface area contributed by atoms with Crippen molar-refractivity contribution in [2.24, 2.45) is 0 Å². The SMILES string of the molecule is CC(O)Cc1nc(Br)c2cccc(O)n12. The van der Waals surface area contributed by atoms with E-state index < -0.39 is 6.10 Å². The van der Waals surface area contributed by atoms with Gasteiger partial charge >= 0.3 is 0 Å². The standard InChI is InChI=1S/C10H11BrN2O2/c1-6(14)5-8-12-10(11)7-3-2-4-9(15)13(7)8/h2-4,6,14-15H,5H2,1H3. The fourth-order valence-corrected chi connectivity index (χ4v) is 2.07. The molecule has 80 valence electrons. The smallest absolute Gasteiger partial charge is 0.197 e.